The molecule has 0 spiro atoms. The van der Waals surface area contributed by atoms with Crippen LogP contribution in [0.15, 0.2) is 28.9 Å². The summed E-state index contributed by atoms with van der Waals surface area (Å²) in [7, 11) is 2.09. The van der Waals surface area contributed by atoms with Gasteiger partial charge >= 0.3 is 0 Å². The first-order valence-electron chi connectivity index (χ1n) is 5.99. The van der Waals surface area contributed by atoms with Gasteiger partial charge in [-0.1, -0.05) is 26.0 Å². The summed E-state index contributed by atoms with van der Waals surface area (Å²) >= 11 is 3.62. The highest BCUT2D eigenvalue weighted by Crippen LogP contribution is 2.34. The van der Waals surface area contributed by atoms with Crippen molar-refractivity contribution >= 4 is 26.8 Å². The fourth-order valence-corrected chi connectivity index (χ4v) is 3.15. The Kier molecular flexibility index (Phi) is 3.59. The second-order valence-corrected chi connectivity index (χ2v) is 5.77. The van der Waals surface area contributed by atoms with Gasteiger partial charge in [0.05, 0.1) is 5.52 Å². The molecule has 1 heterocycles. The summed E-state index contributed by atoms with van der Waals surface area (Å²) in [6.45, 7) is 5.16. The van der Waals surface area contributed by atoms with Crippen LogP contribution in [0.4, 0.5) is 0 Å². The Labute approximate surface area is 111 Å². The number of fused-ring (bicyclic) bond motifs is 1. The first-order valence-corrected chi connectivity index (χ1v) is 6.79. The summed E-state index contributed by atoms with van der Waals surface area (Å²) in [5.41, 5.74) is 8.54. The van der Waals surface area contributed by atoms with Crippen LogP contribution in [0.5, 0.6) is 0 Å². The largest absolute Gasteiger partial charge is 0.349 e. The van der Waals surface area contributed by atoms with Gasteiger partial charge in [0, 0.05) is 29.0 Å². The normalized spacial score (nSPS) is 13.5. The van der Waals surface area contributed by atoms with Crippen molar-refractivity contribution in [2.24, 2.45) is 18.7 Å². The number of benzene rings is 1. The molecule has 0 saturated heterocycles. The molecule has 1 atom stereocenters. The summed E-state index contributed by atoms with van der Waals surface area (Å²) < 4.78 is 3.32. The van der Waals surface area contributed by atoms with Gasteiger partial charge in [-0.2, -0.15) is 0 Å². The Morgan fingerprint density at radius 2 is 2.06 bits per heavy atom. The van der Waals surface area contributed by atoms with E-state index < -0.39 is 0 Å². The molecule has 1 aromatic heterocycles. The number of rotatable bonds is 3. The van der Waals surface area contributed by atoms with E-state index in [0.29, 0.717) is 18.4 Å². The Balaban J connectivity index is 2.67. The van der Waals surface area contributed by atoms with Gasteiger partial charge in [0.1, 0.15) is 0 Å². The lowest BCUT2D eigenvalue weighted by Crippen LogP contribution is -2.17. The minimum atomic E-state index is 0.424. The minimum absolute atomic E-state index is 0.424. The van der Waals surface area contributed by atoms with E-state index in [9.17, 15) is 0 Å². The van der Waals surface area contributed by atoms with Gasteiger partial charge in [0.25, 0.3) is 0 Å². The molecule has 3 heteroatoms. The highest BCUT2D eigenvalue weighted by atomic mass is 79.9. The van der Waals surface area contributed by atoms with Gasteiger partial charge in [-0.15, -0.1) is 0 Å². The van der Waals surface area contributed by atoms with E-state index in [1.54, 1.807) is 0 Å². The van der Waals surface area contributed by atoms with Crippen LogP contribution in [-0.4, -0.2) is 11.1 Å². The molecular weight excluding hydrogens is 276 g/mol. The van der Waals surface area contributed by atoms with Gasteiger partial charge in [-0.3, -0.25) is 0 Å². The summed E-state index contributed by atoms with van der Waals surface area (Å²) in [5.74, 6) is 0.984. The molecule has 0 aliphatic rings. The lowest BCUT2D eigenvalue weighted by atomic mass is 9.88. The Morgan fingerprint density at radius 1 is 1.35 bits per heavy atom. The Hall–Kier alpha value is -0.800. The zero-order valence-corrected chi connectivity index (χ0v) is 12.2. The van der Waals surface area contributed by atoms with Crippen LogP contribution in [0.3, 0.4) is 0 Å². The molecule has 0 amide bonds. The predicted molar refractivity (Wildman–Crippen MR) is 77.3 cm³/mol. The van der Waals surface area contributed by atoms with Crippen LogP contribution in [0.2, 0.25) is 0 Å². The van der Waals surface area contributed by atoms with Gasteiger partial charge in [-0.05, 0) is 40.0 Å². The monoisotopic (exact) mass is 294 g/mol. The summed E-state index contributed by atoms with van der Waals surface area (Å²) in [6, 6.07) is 6.35. The molecule has 2 N–H and O–H groups in total. The number of aryl methyl sites for hydroxylation is 1. The maximum atomic E-state index is 5.92. The molecule has 92 valence electrons. The van der Waals surface area contributed by atoms with Crippen molar-refractivity contribution < 1.29 is 0 Å². The molecule has 2 aromatic rings. The molecule has 0 radical (unpaired) electrons. The van der Waals surface area contributed by atoms with Crippen molar-refractivity contribution in [3.8, 4) is 0 Å². The fraction of sp³-hybridized carbons (Fsp3) is 0.429. The van der Waals surface area contributed by atoms with Gasteiger partial charge in [-0.25, -0.2) is 0 Å². The number of aromatic nitrogens is 1. The topological polar surface area (TPSA) is 30.9 Å². The Bertz CT molecular complexity index is 528. The quantitative estimate of drug-likeness (QED) is 0.921. The highest BCUT2D eigenvalue weighted by Gasteiger charge is 2.19. The molecule has 2 rings (SSSR count). The SMILES string of the molecule is CC(C)C(CN)c1cn(C)c2c(Br)cccc12. The van der Waals surface area contributed by atoms with Gasteiger partial charge in [0.2, 0.25) is 0 Å². The van der Waals surface area contributed by atoms with Crippen molar-refractivity contribution in [3.05, 3.63) is 34.4 Å². The molecule has 0 bridgehead atoms. The van der Waals surface area contributed by atoms with Crippen molar-refractivity contribution in [3.63, 3.8) is 0 Å². The molecule has 0 aliphatic carbocycles. The molecule has 2 nitrogen and oxygen atoms in total. The number of hydrogen-bond donors (Lipinski definition) is 1. The summed E-state index contributed by atoms with van der Waals surface area (Å²) in [4.78, 5) is 0. The van der Waals surface area contributed by atoms with E-state index in [-0.39, 0.29) is 0 Å². The van der Waals surface area contributed by atoms with Gasteiger partial charge in [0.15, 0.2) is 0 Å². The molecule has 0 aliphatic heterocycles. The van der Waals surface area contributed by atoms with E-state index in [4.69, 9.17) is 5.73 Å². The fourth-order valence-electron chi connectivity index (χ4n) is 2.50. The molecule has 0 fully saturated rings. The number of hydrogen-bond acceptors (Lipinski definition) is 1. The van der Waals surface area contributed by atoms with Crippen LogP contribution in [0.1, 0.15) is 25.3 Å². The lowest BCUT2D eigenvalue weighted by molar-refractivity contribution is 0.508. The van der Waals surface area contributed by atoms with Crippen LogP contribution in [-0.2, 0) is 7.05 Å². The predicted octanol–water partition coefficient (Wildman–Crippen LogP) is 3.64. The first-order chi connectivity index (χ1) is 8.06. The molecule has 0 saturated carbocycles. The molecular formula is C14H19BrN2. The average molecular weight is 295 g/mol. The maximum Gasteiger partial charge on any atom is 0.0625 e. The second-order valence-electron chi connectivity index (χ2n) is 4.92. The van der Waals surface area contributed by atoms with Crippen LogP contribution >= 0.6 is 15.9 Å². The van der Waals surface area contributed by atoms with E-state index in [2.05, 4.69) is 65.8 Å². The van der Waals surface area contributed by atoms with E-state index >= 15 is 0 Å². The molecule has 1 aromatic carbocycles. The number of para-hydroxylation sites is 1. The van der Waals surface area contributed by atoms with Crippen molar-refractivity contribution in [1.82, 2.24) is 4.57 Å². The summed E-state index contributed by atoms with van der Waals surface area (Å²) in [5, 5.41) is 1.31. The minimum Gasteiger partial charge on any atom is -0.349 e. The van der Waals surface area contributed by atoms with Crippen LogP contribution < -0.4 is 5.73 Å². The van der Waals surface area contributed by atoms with E-state index in [0.717, 1.165) is 4.47 Å². The first kappa shape index (κ1) is 12.7. The van der Waals surface area contributed by atoms with Crippen molar-refractivity contribution in [2.45, 2.75) is 19.8 Å². The number of halogens is 1. The van der Waals surface area contributed by atoms with Crippen LogP contribution in [0.25, 0.3) is 10.9 Å². The smallest absolute Gasteiger partial charge is 0.0625 e. The maximum absolute atomic E-state index is 5.92. The zero-order chi connectivity index (χ0) is 12.6. The average Bonchev–Trinajstić information content (AvgIpc) is 2.58. The highest BCUT2D eigenvalue weighted by molar-refractivity contribution is 9.10. The third-order valence-corrected chi connectivity index (χ3v) is 4.08. The zero-order valence-electron chi connectivity index (χ0n) is 10.6. The Morgan fingerprint density at radius 3 is 2.65 bits per heavy atom. The second kappa shape index (κ2) is 4.83. The molecule has 17 heavy (non-hydrogen) atoms. The number of nitrogens with zero attached hydrogens (tertiary/aromatic N) is 1. The van der Waals surface area contributed by atoms with E-state index in [1.807, 2.05) is 0 Å². The van der Waals surface area contributed by atoms with Crippen molar-refractivity contribution in [1.29, 1.82) is 0 Å². The van der Waals surface area contributed by atoms with Gasteiger partial charge < -0.3 is 10.3 Å². The lowest BCUT2D eigenvalue weighted by Gasteiger charge is -2.18. The van der Waals surface area contributed by atoms with E-state index in [1.165, 1.54) is 16.5 Å². The number of nitrogens with two attached hydrogens (primary N) is 1. The van der Waals surface area contributed by atoms with Crippen molar-refractivity contribution in [2.75, 3.05) is 6.54 Å². The standard InChI is InChI=1S/C14H19BrN2/c1-9(2)11(7-16)12-8-17(3)14-10(12)5-4-6-13(14)15/h4-6,8-9,11H,7,16H2,1-3H3. The third-order valence-electron chi connectivity index (χ3n) is 3.44. The summed E-state index contributed by atoms with van der Waals surface area (Å²) in [6.07, 6.45) is 2.22. The molecule has 1 unspecified atom stereocenters. The third kappa shape index (κ3) is 2.14. The van der Waals surface area contributed by atoms with Crippen LogP contribution in [0, 0.1) is 5.92 Å².